The van der Waals surface area contributed by atoms with Crippen molar-refractivity contribution in [2.75, 3.05) is 50.7 Å². The first-order chi connectivity index (χ1) is 15.9. The third-order valence-corrected chi connectivity index (χ3v) is 6.43. The molecule has 0 atom stereocenters. The molecule has 2 aromatic rings. The van der Waals surface area contributed by atoms with Crippen molar-refractivity contribution in [2.45, 2.75) is 4.90 Å². The second-order valence-corrected chi connectivity index (χ2v) is 8.73. The maximum atomic E-state index is 12.7. The molecular weight excluding hydrogens is 452 g/mol. The van der Waals surface area contributed by atoms with Gasteiger partial charge in [0.1, 0.15) is 12.0 Å². The van der Waals surface area contributed by atoms with Crippen molar-refractivity contribution in [3.63, 3.8) is 0 Å². The number of oxime groups is 1. The lowest BCUT2D eigenvalue weighted by molar-refractivity contribution is -0.120. The van der Waals surface area contributed by atoms with Gasteiger partial charge in [-0.05, 0) is 30.3 Å². The van der Waals surface area contributed by atoms with Crippen LogP contribution in [0.4, 0.5) is 11.4 Å². The molecular formula is C21H24N4O7S. The molecule has 3 rings (SSSR count). The summed E-state index contributed by atoms with van der Waals surface area (Å²) in [4.78, 5) is 28.9. The molecule has 0 bridgehead atoms. The molecule has 0 aromatic heterocycles. The minimum Gasteiger partial charge on any atom is -0.495 e. The first kappa shape index (κ1) is 24.2. The van der Waals surface area contributed by atoms with Gasteiger partial charge in [-0.2, -0.15) is 4.31 Å². The van der Waals surface area contributed by atoms with Crippen LogP contribution in [-0.2, 0) is 29.2 Å². The topological polar surface area (TPSA) is 136 Å². The second kappa shape index (κ2) is 11.4. The van der Waals surface area contributed by atoms with Gasteiger partial charge >= 0.3 is 0 Å². The zero-order valence-electron chi connectivity index (χ0n) is 17.9. The highest BCUT2D eigenvalue weighted by Crippen LogP contribution is 2.23. The van der Waals surface area contributed by atoms with Crippen LogP contribution in [0.1, 0.15) is 0 Å². The predicted molar refractivity (Wildman–Crippen MR) is 121 cm³/mol. The Hall–Kier alpha value is -3.48. The van der Waals surface area contributed by atoms with Crippen LogP contribution in [0.5, 0.6) is 5.75 Å². The van der Waals surface area contributed by atoms with Gasteiger partial charge in [0.15, 0.2) is 6.61 Å². The summed E-state index contributed by atoms with van der Waals surface area (Å²) in [6, 6.07) is 12.8. The fourth-order valence-electron chi connectivity index (χ4n) is 2.96. The standard InChI is InChI=1S/C21H24N4O7S/c1-30-19-8-3-2-7-18(19)24-20(26)14-22-32-15-21(27)23-16-5-4-6-17(13-16)33(28,29)25-9-11-31-12-10-25/h2-8,13-14H,9-12,15H2,1H3,(H,23,27)(H,24,26). The van der Waals surface area contributed by atoms with Gasteiger partial charge in [0.05, 0.1) is 30.9 Å². The molecule has 1 heterocycles. The fourth-order valence-corrected chi connectivity index (χ4v) is 4.42. The van der Waals surface area contributed by atoms with Crippen LogP contribution in [0.15, 0.2) is 58.6 Å². The molecule has 11 nitrogen and oxygen atoms in total. The summed E-state index contributed by atoms with van der Waals surface area (Å²) in [6.07, 6.45) is 0.884. The number of nitrogens with zero attached hydrogens (tertiary/aromatic N) is 2. The van der Waals surface area contributed by atoms with Gasteiger partial charge < -0.3 is 24.9 Å². The van der Waals surface area contributed by atoms with Crippen LogP contribution >= 0.6 is 0 Å². The maximum absolute atomic E-state index is 12.7. The number of ether oxygens (including phenoxy) is 2. The van der Waals surface area contributed by atoms with E-state index in [9.17, 15) is 18.0 Å². The van der Waals surface area contributed by atoms with E-state index in [1.54, 1.807) is 30.3 Å². The third-order valence-electron chi connectivity index (χ3n) is 4.53. The summed E-state index contributed by atoms with van der Waals surface area (Å²) in [6.45, 7) is 0.749. The van der Waals surface area contributed by atoms with Crippen LogP contribution in [0.2, 0.25) is 0 Å². The number of sulfonamides is 1. The van der Waals surface area contributed by atoms with Crippen molar-refractivity contribution in [1.82, 2.24) is 4.31 Å². The van der Waals surface area contributed by atoms with E-state index in [1.165, 1.54) is 29.6 Å². The van der Waals surface area contributed by atoms with Crippen molar-refractivity contribution in [1.29, 1.82) is 0 Å². The first-order valence-corrected chi connectivity index (χ1v) is 11.4. The lowest BCUT2D eigenvalue weighted by Crippen LogP contribution is -2.40. The van der Waals surface area contributed by atoms with Crippen molar-refractivity contribution < 1.29 is 32.3 Å². The predicted octanol–water partition coefficient (Wildman–Crippen LogP) is 1.30. The van der Waals surface area contributed by atoms with Crippen molar-refractivity contribution in [3.8, 4) is 5.75 Å². The number of rotatable bonds is 9. The molecule has 33 heavy (non-hydrogen) atoms. The van der Waals surface area contributed by atoms with Crippen LogP contribution in [0.3, 0.4) is 0 Å². The van der Waals surface area contributed by atoms with Crippen molar-refractivity contribution >= 4 is 39.4 Å². The number of anilines is 2. The molecule has 0 unspecified atom stereocenters. The van der Waals surface area contributed by atoms with Crippen molar-refractivity contribution in [3.05, 3.63) is 48.5 Å². The molecule has 0 aliphatic carbocycles. The summed E-state index contributed by atoms with van der Waals surface area (Å²) in [5.41, 5.74) is 0.747. The molecule has 0 spiro atoms. The molecule has 1 aliphatic heterocycles. The number of methoxy groups -OCH3 is 1. The number of para-hydroxylation sites is 2. The number of amides is 2. The van der Waals surface area contributed by atoms with Gasteiger partial charge in [0, 0.05) is 18.8 Å². The molecule has 0 saturated carbocycles. The summed E-state index contributed by atoms with van der Waals surface area (Å²) in [5, 5.41) is 8.58. The van der Waals surface area contributed by atoms with Gasteiger partial charge in [0.25, 0.3) is 11.8 Å². The minimum absolute atomic E-state index is 0.0640. The van der Waals surface area contributed by atoms with E-state index in [0.29, 0.717) is 24.7 Å². The summed E-state index contributed by atoms with van der Waals surface area (Å²) in [5.74, 6) is -0.656. The van der Waals surface area contributed by atoms with Gasteiger partial charge in [0.2, 0.25) is 10.0 Å². The molecule has 1 fully saturated rings. The lowest BCUT2D eigenvalue weighted by atomic mass is 10.3. The molecule has 1 saturated heterocycles. The van der Waals surface area contributed by atoms with Crippen LogP contribution in [-0.4, -0.2) is 70.8 Å². The van der Waals surface area contributed by atoms with Crippen LogP contribution in [0, 0.1) is 0 Å². The van der Waals surface area contributed by atoms with Gasteiger partial charge in [-0.3, -0.25) is 9.59 Å². The Morgan fingerprint density at radius 1 is 1.12 bits per heavy atom. The molecule has 2 N–H and O–H groups in total. The molecule has 0 radical (unpaired) electrons. The number of nitrogens with one attached hydrogen (secondary N) is 2. The minimum atomic E-state index is -3.69. The van der Waals surface area contributed by atoms with E-state index >= 15 is 0 Å². The normalized spacial score (nSPS) is 14.6. The largest absolute Gasteiger partial charge is 0.495 e. The molecule has 176 valence electrons. The smallest absolute Gasteiger partial charge is 0.270 e. The second-order valence-electron chi connectivity index (χ2n) is 6.79. The summed E-state index contributed by atoms with van der Waals surface area (Å²) < 4.78 is 37.1. The Labute approximate surface area is 191 Å². The monoisotopic (exact) mass is 476 g/mol. The highest BCUT2D eigenvalue weighted by Gasteiger charge is 2.26. The number of benzene rings is 2. The van der Waals surface area contributed by atoms with Gasteiger partial charge in [-0.25, -0.2) is 8.42 Å². The Balaban J connectivity index is 1.50. The van der Waals surface area contributed by atoms with E-state index in [0.717, 1.165) is 6.21 Å². The number of hydrogen-bond acceptors (Lipinski definition) is 8. The van der Waals surface area contributed by atoms with E-state index in [4.69, 9.17) is 14.3 Å². The molecule has 1 aliphatic rings. The van der Waals surface area contributed by atoms with Gasteiger partial charge in [-0.15, -0.1) is 0 Å². The quantitative estimate of drug-likeness (QED) is 0.411. The summed E-state index contributed by atoms with van der Waals surface area (Å²) in [7, 11) is -2.21. The highest BCUT2D eigenvalue weighted by molar-refractivity contribution is 7.89. The van der Waals surface area contributed by atoms with Gasteiger partial charge in [-0.1, -0.05) is 23.4 Å². The Bertz CT molecular complexity index is 1120. The zero-order chi connectivity index (χ0) is 23.7. The number of hydrogen-bond donors (Lipinski definition) is 2. The number of morpholine rings is 1. The van der Waals surface area contributed by atoms with Crippen molar-refractivity contribution in [2.24, 2.45) is 5.16 Å². The number of carbonyl (C=O) groups is 2. The van der Waals surface area contributed by atoms with Crippen LogP contribution < -0.4 is 15.4 Å². The molecule has 12 heteroatoms. The van der Waals surface area contributed by atoms with E-state index in [-0.39, 0.29) is 23.7 Å². The Morgan fingerprint density at radius 3 is 2.64 bits per heavy atom. The molecule has 2 amide bonds. The Kier molecular flexibility index (Phi) is 8.35. The average Bonchev–Trinajstić information content (AvgIpc) is 2.83. The van der Waals surface area contributed by atoms with Crippen LogP contribution in [0.25, 0.3) is 0 Å². The van der Waals surface area contributed by atoms with E-state index in [2.05, 4.69) is 15.8 Å². The summed E-state index contributed by atoms with van der Waals surface area (Å²) >= 11 is 0. The zero-order valence-corrected chi connectivity index (χ0v) is 18.7. The number of carbonyl (C=O) groups excluding carboxylic acids is 2. The third kappa shape index (κ3) is 6.75. The highest BCUT2D eigenvalue weighted by atomic mass is 32.2. The Morgan fingerprint density at radius 2 is 1.88 bits per heavy atom. The van der Waals surface area contributed by atoms with E-state index in [1.807, 2.05) is 0 Å². The average molecular weight is 477 g/mol. The SMILES string of the molecule is COc1ccccc1NC(=O)C=NOCC(=O)Nc1cccc(S(=O)(=O)N2CCOCC2)c1. The van der Waals surface area contributed by atoms with E-state index < -0.39 is 28.4 Å². The first-order valence-electron chi connectivity index (χ1n) is 9.97. The maximum Gasteiger partial charge on any atom is 0.270 e. The fraction of sp³-hybridized carbons (Fsp3) is 0.286. The lowest BCUT2D eigenvalue weighted by Gasteiger charge is -2.26. The molecule has 2 aromatic carbocycles.